The maximum atomic E-state index is 3.31. The van der Waals surface area contributed by atoms with Gasteiger partial charge in [-0.05, 0) is 43.8 Å². The average molecular weight is 219 g/mol. The van der Waals surface area contributed by atoms with Gasteiger partial charge in [-0.3, -0.25) is 0 Å². The summed E-state index contributed by atoms with van der Waals surface area (Å²) in [6.45, 7) is 10.2. The van der Waals surface area contributed by atoms with E-state index in [1.807, 2.05) is 7.05 Å². The van der Waals surface area contributed by atoms with Gasteiger partial charge in [-0.15, -0.1) is 0 Å². The average Bonchev–Trinajstić information content (AvgIpc) is 2.19. The molecule has 1 N–H and O–H groups in total. The Balaban J connectivity index is 2.72. The Hall–Kier alpha value is -0.820. The zero-order valence-electron chi connectivity index (χ0n) is 11.3. The number of rotatable bonds is 4. The summed E-state index contributed by atoms with van der Waals surface area (Å²) >= 11 is 0. The molecule has 0 bridgehead atoms. The molecule has 1 rings (SSSR count). The molecule has 1 unspecified atom stereocenters. The van der Waals surface area contributed by atoms with E-state index in [1.54, 1.807) is 0 Å². The first kappa shape index (κ1) is 13.2. The van der Waals surface area contributed by atoms with Gasteiger partial charge in [0.2, 0.25) is 0 Å². The lowest BCUT2D eigenvalue weighted by Crippen LogP contribution is -2.31. The summed E-state index contributed by atoms with van der Waals surface area (Å²) in [6, 6.07) is 8.91. The van der Waals surface area contributed by atoms with Gasteiger partial charge in [0.1, 0.15) is 0 Å². The molecule has 0 saturated carbocycles. The van der Waals surface area contributed by atoms with Crippen molar-refractivity contribution in [1.29, 1.82) is 0 Å². The van der Waals surface area contributed by atoms with Gasteiger partial charge in [-0.2, -0.15) is 0 Å². The van der Waals surface area contributed by atoms with Gasteiger partial charge in [-0.1, -0.05) is 50.6 Å². The van der Waals surface area contributed by atoms with Crippen LogP contribution in [0.2, 0.25) is 0 Å². The molecule has 1 nitrogen and oxygen atoms in total. The quantitative estimate of drug-likeness (QED) is 0.818. The van der Waals surface area contributed by atoms with Crippen molar-refractivity contribution in [3.63, 3.8) is 0 Å². The Kier molecular flexibility index (Phi) is 4.55. The molecule has 0 spiro atoms. The van der Waals surface area contributed by atoms with Crippen LogP contribution in [0.25, 0.3) is 0 Å². The minimum atomic E-state index is 0.355. The van der Waals surface area contributed by atoms with E-state index in [2.05, 4.69) is 57.3 Å². The summed E-state index contributed by atoms with van der Waals surface area (Å²) in [6.07, 6.45) is 1.16. The third-order valence-corrected chi connectivity index (χ3v) is 3.28. The first-order chi connectivity index (χ1) is 7.43. The summed E-state index contributed by atoms with van der Waals surface area (Å²) in [7, 11) is 2.04. The van der Waals surface area contributed by atoms with E-state index in [0.29, 0.717) is 11.3 Å². The normalized spacial score (nSPS) is 13.8. The van der Waals surface area contributed by atoms with Crippen molar-refractivity contribution in [3.8, 4) is 0 Å². The summed E-state index contributed by atoms with van der Waals surface area (Å²) in [4.78, 5) is 0. The lowest BCUT2D eigenvalue weighted by molar-refractivity contribution is 0.235. The number of hydrogen-bond donors (Lipinski definition) is 1. The third-order valence-electron chi connectivity index (χ3n) is 3.28. The Morgan fingerprint density at radius 3 is 2.12 bits per heavy atom. The molecule has 1 aromatic carbocycles. The zero-order chi connectivity index (χ0) is 12.2. The van der Waals surface area contributed by atoms with Crippen LogP contribution in [-0.4, -0.2) is 13.6 Å². The minimum Gasteiger partial charge on any atom is -0.319 e. The van der Waals surface area contributed by atoms with Crippen LogP contribution in [0.15, 0.2) is 24.3 Å². The Bertz CT molecular complexity index is 305. The van der Waals surface area contributed by atoms with Crippen molar-refractivity contribution >= 4 is 0 Å². The third kappa shape index (κ3) is 3.97. The largest absolute Gasteiger partial charge is 0.319 e. The molecule has 0 fully saturated rings. The Morgan fingerprint density at radius 2 is 1.69 bits per heavy atom. The molecule has 0 aromatic heterocycles. The van der Waals surface area contributed by atoms with E-state index in [4.69, 9.17) is 0 Å². The second kappa shape index (κ2) is 5.49. The standard InChI is InChI=1S/C15H25N/c1-12-6-8-13(9-7-12)10-14(11-16-5)15(2,3)4/h6-9,14,16H,10-11H2,1-5H3. The van der Waals surface area contributed by atoms with Crippen molar-refractivity contribution in [2.45, 2.75) is 34.1 Å². The molecule has 0 aliphatic carbocycles. The number of aryl methyl sites for hydroxylation is 1. The van der Waals surface area contributed by atoms with Crippen LogP contribution in [-0.2, 0) is 6.42 Å². The van der Waals surface area contributed by atoms with Gasteiger partial charge in [0, 0.05) is 0 Å². The molecule has 0 aliphatic heterocycles. The van der Waals surface area contributed by atoms with Crippen molar-refractivity contribution in [3.05, 3.63) is 35.4 Å². The molecule has 0 heterocycles. The summed E-state index contributed by atoms with van der Waals surface area (Å²) < 4.78 is 0. The maximum Gasteiger partial charge on any atom is -0.00153 e. The zero-order valence-corrected chi connectivity index (χ0v) is 11.3. The fourth-order valence-corrected chi connectivity index (χ4v) is 1.94. The molecule has 0 saturated heterocycles. The fraction of sp³-hybridized carbons (Fsp3) is 0.600. The van der Waals surface area contributed by atoms with E-state index in [-0.39, 0.29) is 0 Å². The van der Waals surface area contributed by atoms with Crippen LogP contribution in [0.3, 0.4) is 0 Å². The van der Waals surface area contributed by atoms with Crippen LogP contribution in [0.1, 0.15) is 31.9 Å². The van der Waals surface area contributed by atoms with Gasteiger partial charge in [0.05, 0.1) is 0 Å². The van der Waals surface area contributed by atoms with Gasteiger partial charge in [0.15, 0.2) is 0 Å². The van der Waals surface area contributed by atoms with Crippen LogP contribution in [0.4, 0.5) is 0 Å². The highest BCUT2D eigenvalue weighted by atomic mass is 14.8. The smallest absolute Gasteiger partial charge is 0.00153 e. The van der Waals surface area contributed by atoms with Crippen molar-refractivity contribution in [2.75, 3.05) is 13.6 Å². The van der Waals surface area contributed by atoms with E-state index < -0.39 is 0 Å². The molecule has 16 heavy (non-hydrogen) atoms. The summed E-state index contributed by atoms with van der Waals surface area (Å²) in [5.41, 5.74) is 3.14. The molecule has 1 atom stereocenters. The van der Waals surface area contributed by atoms with Crippen molar-refractivity contribution < 1.29 is 0 Å². The summed E-state index contributed by atoms with van der Waals surface area (Å²) in [5.74, 6) is 0.681. The van der Waals surface area contributed by atoms with Crippen LogP contribution >= 0.6 is 0 Å². The minimum absolute atomic E-state index is 0.355. The van der Waals surface area contributed by atoms with Gasteiger partial charge in [0.25, 0.3) is 0 Å². The molecular formula is C15H25N. The van der Waals surface area contributed by atoms with Gasteiger partial charge < -0.3 is 5.32 Å². The molecule has 90 valence electrons. The lowest BCUT2D eigenvalue weighted by atomic mass is 9.77. The highest BCUT2D eigenvalue weighted by Crippen LogP contribution is 2.28. The maximum absolute atomic E-state index is 3.31. The highest BCUT2D eigenvalue weighted by Gasteiger charge is 2.23. The Morgan fingerprint density at radius 1 is 1.12 bits per heavy atom. The lowest BCUT2D eigenvalue weighted by Gasteiger charge is -2.30. The SMILES string of the molecule is CNCC(Cc1ccc(C)cc1)C(C)(C)C. The van der Waals surface area contributed by atoms with Crippen molar-refractivity contribution in [2.24, 2.45) is 11.3 Å². The fourth-order valence-electron chi connectivity index (χ4n) is 1.94. The second-order valence-corrected chi connectivity index (χ2v) is 5.81. The number of benzene rings is 1. The Labute approximate surface area is 100 Å². The number of nitrogens with one attached hydrogen (secondary N) is 1. The molecular weight excluding hydrogens is 194 g/mol. The topological polar surface area (TPSA) is 12.0 Å². The molecule has 0 amide bonds. The second-order valence-electron chi connectivity index (χ2n) is 5.81. The first-order valence-corrected chi connectivity index (χ1v) is 6.13. The monoisotopic (exact) mass is 219 g/mol. The van der Waals surface area contributed by atoms with Crippen molar-refractivity contribution in [1.82, 2.24) is 5.32 Å². The predicted molar refractivity (Wildman–Crippen MR) is 71.8 cm³/mol. The van der Waals surface area contributed by atoms with Crippen LogP contribution in [0.5, 0.6) is 0 Å². The van der Waals surface area contributed by atoms with Gasteiger partial charge >= 0.3 is 0 Å². The molecule has 1 heteroatoms. The van der Waals surface area contributed by atoms with E-state index in [9.17, 15) is 0 Å². The van der Waals surface area contributed by atoms with Gasteiger partial charge in [-0.25, -0.2) is 0 Å². The highest BCUT2D eigenvalue weighted by molar-refractivity contribution is 5.22. The molecule has 1 aromatic rings. The molecule has 0 radical (unpaired) electrons. The van der Waals surface area contributed by atoms with Crippen LogP contribution in [0, 0.1) is 18.3 Å². The first-order valence-electron chi connectivity index (χ1n) is 6.13. The molecule has 0 aliphatic rings. The number of hydrogen-bond acceptors (Lipinski definition) is 1. The van der Waals surface area contributed by atoms with E-state index in [1.165, 1.54) is 11.1 Å². The van der Waals surface area contributed by atoms with E-state index in [0.717, 1.165) is 13.0 Å². The summed E-state index contributed by atoms with van der Waals surface area (Å²) in [5, 5.41) is 3.31. The predicted octanol–water partition coefficient (Wildman–Crippen LogP) is 3.42. The van der Waals surface area contributed by atoms with Crippen LogP contribution < -0.4 is 5.32 Å². The van der Waals surface area contributed by atoms with E-state index >= 15 is 0 Å².